The Kier molecular flexibility index (Phi) is 19.5. The summed E-state index contributed by atoms with van der Waals surface area (Å²) in [5, 5.41) is 6.02. The quantitative estimate of drug-likeness (QED) is 0.0556. The molecule has 5 atom stereocenters. The number of likely N-dealkylation sites (tertiary alicyclic amines) is 1. The molecule has 1 aliphatic carbocycles. The number of hydrogen-bond donors (Lipinski definition) is 2. The van der Waals surface area contributed by atoms with Crippen molar-refractivity contribution in [2.45, 2.75) is 188 Å². The zero-order valence-electron chi connectivity index (χ0n) is 47.7. The maximum absolute atomic E-state index is 16.1. The van der Waals surface area contributed by atoms with E-state index in [2.05, 4.69) is 61.6 Å². The smallest absolute Gasteiger partial charge is 0.246 e. The number of ether oxygens (including phenoxy) is 2. The fraction of sp³-hybridized carbons (Fsp3) is 0.574. The van der Waals surface area contributed by atoms with E-state index in [9.17, 15) is 14.4 Å². The summed E-state index contributed by atoms with van der Waals surface area (Å²) in [6.45, 7) is 25.1. The minimum atomic E-state index is -2.26. The largest absolute Gasteiger partial charge is 0.493 e. The van der Waals surface area contributed by atoms with Gasteiger partial charge in [-0.1, -0.05) is 109 Å². The Balaban J connectivity index is 0.848. The summed E-state index contributed by atoms with van der Waals surface area (Å²) in [5.74, 6) is -2.15. The van der Waals surface area contributed by atoms with Gasteiger partial charge in [0, 0.05) is 62.8 Å². The van der Waals surface area contributed by atoms with E-state index in [4.69, 9.17) is 13.9 Å². The Bertz CT molecular complexity index is 2710. The number of thiazole rings is 1. The van der Waals surface area contributed by atoms with Crippen LogP contribution in [-0.2, 0) is 36.5 Å². The van der Waals surface area contributed by atoms with E-state index >= 15 is 13.2 Å². The fourth-order valence-corrected chi connectivity index (χ4v) is 12.9. The van der Waals surface area contributed by atoms with Crippen molar-refractivity contribution in [1.82, 2.24) is 25.4 Å². The molecule has 0 saturated carbocycles. The average Bonchev–Trinajstić information content (AvgIpc) is 4.13. The lowest BCUT2D eigenvalue weighted by Crippen LogP contribution is -2.57. The van der Waals surface area contributed by atoms with Gasteiger partial charge in [-0.05, 0) is 110 Å². The van der Waals surface area contributed by atoms with Crippen LogP contribution in [-0.4, -0.2) is 104 Å². The topological polar surface area (TPSA) is 122 Å². The number of carbonyl (C=O) groups excluding carboxylic acids is 3. The first-order valence-electron chi connectivity index (χ1n) is 27.7. The van der Waals surface area contributed by atoms with Crippen molar-refractivity contribution < 1.29 is 41.5 Å². The highest BCUT2D eigenvalue weighted by molar-refractivity contribution is 7.13. The van der Waals surface area contributed by atoms with Gasteiger partial charge in [0.25, 0.3) is 0 Å². The molecule has 77 heavy (non-hydrogen) atoms. The first kappa shape index (κ1) is 59.8. The van der Waals surface area contributed by atoms with E-state index in [0.717, 1.165) is 69.7 Å². The van der Waals surface area contributed by atoms with Gasteiger partial charge in [-0.3, -0.25) is 19.3 Å². The van der Waals surface area contributed by atoms with Crippen LogP contribution in [0.25, 0.3) is 16.0 Å². The van der Waals surface area contributed by atoms with E-state index in [-0.39, 0.29) is 72.3 Å². The SMILES string of the molecule is Cc1ncsc1-c1ccc(CNC(=O)[C@@H]2C[C@@H](O[Si](C)(C)C(C)(C)C)CN2C(=O)[C@@H](NC(=O)CCOCCCCCCCOc2cc(F)c([C@@H]3C4=C(C[C@@H](C)N3CC(C)(C)F)c3ccccc3C4)c(F)c2)C(C)(C)C)cc1. The monoisotopic (exact) mass is 1100 g/mol. The molecule has 1 saturated heterocycles. The van der Waals surface area contributed by atoms with Gasteiger partial charge in [0.2, 0.25) is 17.7 Å². The standard InChI is InChI=1S/C61H84F3N5O6SSi/c1-39-30-47-46-21-17-16-20-43(46)31-48(47)54(69(39)37-61(9,10)64)53-49(62)32-44(33-50(53)63)74-28-19-15-13-14-18-27-73-29-26-52(70)67-56(59(3,4)5)58(72)68-36-45(75-77(11,12)60(6,7)8)34-51(68)57(71)65-35-41-22-24-42(25-23-41)55-40(2)66-38-76-55/h16-17,20-25,32-33,38-39,45,51,54,56H,13-15,18-19,26-31,34-37H2,1-12H3,(H,65,71)(H,67,70)/t39-,45-,51+,54+,56-/m1/s1. The number of benzene rings is 3. The molecular weight excluding hydrogens is 1020 g/mol. The first-order valence-corrected chi connectivity index (χ1v) is 31.5. The number of nitrogens with zero attached hydrogens (tertiary/aromatic N) is 3. The summed E-state index contributed by atoms with van der Waals surface area (Å²) in [6.07, 6.45) is 5.49. The van der Waals surface area contributed by atoms with E-state index < -0.39 is 49.2 Å². The molecule has 3 heterocycles. The van der Waals surface area contributed by atoms with Crippen LogP contribution in [0.3, 0.4) is 0 Å². The van der Waals surface area contributed by atoms with Gasteiger partial charge < -0.3 is 29.4 Å². The molecule has 0 spiro atoms. The molecule has 11 nitrogen and oxygen atoms in total. The maximum atomic E-state index is 16.1. The molecule has 0 bridgehead atoms. The second-order valence-electron chi connectivity index (χ2n) is 24.8. The molecule has 3 amide bonds. The Morgan fingerprint density at radius 1 is 0.896 bits per heavy atom. The average molecular weight is 1100 g/mol. The van der Waals surface area contributed by atoms with Gasteiger partial charge in [-0.25, -0.2) is 18.2 Å². The second-order valence-corrected chi connectivity index (χ2v) is 30.4. The number of alkyl halides is 1. The summed E-state index contributed by atoms with van der Waals surface area (Å²) < 4.78 is 66.0. The summed E-state index contributed by atoms with van der Waals surface area (Å²) in [5.41, 5.74) is 6.80. The van der Waals surface area contributed by atoms with Crippen molar-refractivity contribution in [3.8, 4) is 16.2 Å². The number of fused-ring (bicyclic) bond motifs is 2. The van der Waals surface area contributed by atoms with Crippen molar-refractivity contribution in [3.05, 3.63) is 111 Å². The third kappa shape index (κ3) is 15.1. The number of unbranched alkanes of at least 4 members (excludes halogenated alkanes) is 4. The second kappa shape index (κ2) is 25.1. The normalized spacial score (nSPS) is 19.5. The fourth-order valence-electron chi connectivity index (χ4n) is 10.7. The highest BCUT2D eigenvalue weighted by atomic mass is 32.1. The van der Waals surface area contributed by atoms with Gasteiger partial charge in [-0.15, -0.1) is 11.3 Å². The molecule has 1 fully saturated rings. The Morgan fingerprint density at radius 3 is 2.19 bits per heavy atom. The van der Waals surface area contributed by atoms with Gasteiger partial charge in [0.15, 0.2) is 8.32 Å². The highest BCUT2D eigenvalue weighted by Gasteiger charge is 2.49. The van der Waals surface area contributed by atoms with E-state index in [1.165, 1.54) is 26.0 Å². The Labute approximate surface area is 461 Å². The molecule has 3 aromatic carbocycles. The number of hydrogen-bond acceptors (Lipinski definition) is 9. The van der Waals surface area contributed by atoms with Crippen LogP contribution in [0.5, 0.6) is 5.75 Å². The molecule has 7 rings (SSSR count). The number of nitrogens with one attached hydrogen (secondary N) is 2. The lowest BCUT2D eigenvalue weighted by Gasteiger charge is -2.44. The molecule has 2 N–H and O–H groups in total. The predicted molar refractivity (Wildman–Crippen MR) is 304 cm³/mol. The van der Waals surface area contributed by atoms with Crippen molar-refractivity contribution >= 4 is 42.9 Å². The van der Waals surface area contributed by atoms with Crippen molar-refractivity contribution in [3.63, 3.8) is 0 Å². The Morgan fingerprint density at radius 2 is 1.56 bits per heavy atom. The summed E-state index contributed by atoms with van der Waals surface area (Å²) in [7, 11) is -2.26. The highest BCUT2D eigenvalue weighted by Crippen LogP contribution is 2.50. The summed E-state index contributed by atoms with van der Waals surface area (Å²) in [4.78, 5) is 51.2. The minimum Gasteiger partial charge on any atom is -0.493 e. The number of amides is 3. The van der Waals surface area contributed by atoms with Crippen LogP contribution < -0.4 is 15.4 Å². The molecular formula is C61H84F3N5O6SSi. The molecule has 4 aromatic rings. The van der Waals surface area contributed by atoms with Gasteiger partial charge in [-0.2, -0.15) is 0 Å². The molecule has 2 aliphatic heterocycles. The zero-order chi connectivity index (χ0) is 56.0. The van der Waals surface area contributed by atoms with Crippen molar-refractivity contribution in [1.29, 1.82) is 0 Å². The van der Waals surface area contributed by atoms with Gasteiger partial charge >= 0.3 is 0 Å². The van der Waals surface area contributed by atoms with Crippen LogP contribution in [0.1, 0.15) is 148 Å². The summed E-state index contributed by atoms with van der Waals surface area (Å²) >= 11 is 1.59. The van der Waals surface area contributed by atoms with Crippen LogP contribution >= 0.6 is 11.3 Å². The first-order chi connectivity index (χ1) is 36.2. The number of carbonyl (C=O) groups is 3. The maximum Gasteiger partial charge on any atom is 0.246 e. The number of aryl methyl sites for hydroxylation is 1. The van der Waals surface area contributed by atoms with Crippen LogP contribution in [0.2, 0.25) is 18.1 Å². The van der Waals surface area contributed by atoms with Crippen LogP contribution in [0.15, 0.2) is 71.7 Å². The molecule has 16 heteroatoms. The molecule has 0 unspecified atom stereocenters. The predicted octanol–water partition coefficient (Wildman–Crippen LogP) is 12.9. The third-order valence-corrected chi connectivity index (χ3v) is 21.4. The lowest BCUT2D eigenvalue weighted by molar-refractivity contribution is -0.144. The third-order valence-electron chi connectivity index (χ3n) is 15.9. The molecule has 420 valence electrons. The lowest BCUT2D eigenvalue weighted by atomic mass is 9.84. The minimum absolute atomic E-state index is 0.0427. The Hall–Kier alpha value is -4.87. The summed E-state index contributed by atoms with van der Waals surface area (Å²) in [6, 6.07) is 16.1. The van der Waals surface area contributed by atoms with Crippen molar-refractivity contribution in [2.75, 3.05) is 32.9 Å². The van der Waals surface area contributed by atoms with E-state index in [1.54, 1.807) is 16.2 Å². The van der Waals surface area contributed by atoms with Crippen LogP contribution in [0, 0.1) is 24.0 Å². The molecule has 3 aliphatic rings. The van der Waals surface area contributed by atoms with Crippen molar-refractivity contribution in [2.24, 2.45) is 5.41 Å². The number of rotatable bonds is 23. The number of halogens is 3. The van der Waals surface area contributed by atoms with Gasteiger partial charge in [0.05, 0.1) is 41.4 Å². The molecule has 1 aromatic heterocycles. The van der Waals surface area contributed by atoms with Crippen LogP contribution in [0.4, 0.5) is 13.2 Å². The van der Waals surface area contributed by atoms with Gasteiger partial charge in [0.1, 0.15) is 35.1 Å². The van der Waals surface area contributed by atoms with E-state index in [0.29, 0.717) is 45.4 Å². The van der Waals surface area contributed by atoms with E-state index in [1.807, 2.05) is 81.4 Å². The number of aromatic nitrogens is 1. The molecule has 0 radical (unpaired) electrons. The zero-order valence-corrected chi connectivity index (χ0v) is 49.5.